The molecule has 0 bridgehead atoms. The molecule has 0 N–H and O–H groups in total. The van der Waals surface area contributed by atoms with Gasteiger partial charge in [0.15, 0.2) is 5.79 Å². The molecule has 1 saturated carbocycles. The van der Waals surface area contributed by atoms with Crippen LogP contribution in [0.15, 0.2) is 0 Å². The Kier molecular flexibility index (Phi) is 5.48. The minimum atomic E-state index is -3.86. The van der Waals surface area contributed by atoms with Gasteiger partial charge in [0.25, 0.3) is 0 Å². The molecule has 3 aliphatic rings. The topological polar surface area (TPSA) is 99.2 Å². The molecule has 0 radical (unpaired) electrons. The van der Waals surface area contributed by atoms with Gasteiger partial charge in [0.2, 0.25) is 10.0 Å². The SMILES string of the molecule is C[C@H]1OC(=O)N(S(=O)(=O)CC[Si](C)(C)C)[C@@H]1[C@H]1CC(=O)C[C@H]2OC(C)(C)O[C@H]12. The third kappa shape index (κ3) is 4.29. The van der Waals surface area contributed by atoms with E-state index in [1.807, 2.05) is 0 Å². The van der Waals surface area contributed by atoms with Gasteiger partial charge in [-0.05, 0) is 26.8 Å². The van der Waals surface area contributed by atoms with E-state index in [4.69, 9.17) is 14.2 Å². The van der Waals surface area contributed by atoms with Crippen LogP contribution in [0.1, 0.15) is 33.6 Å². The number of hydrogen-bond donors (Lipinski definition) is 0. The summed E-state index contributed by atoms with van der Waals surface area (Å²) in [4.78, 5) is 24.9. The van der Waals surface area contributed by atoms with Crippen LogP contribution in [-0.2, 0) is 29.0 Å². The number of cyclic esters (lactones) is 1. The van der Waals surface area contributed by atoms with Crippen molar-refractivity contribution < 1.29 is 32.2 Å². The summed E-state index contributed by atoms with van der Waals surface area (Å²) in [5, 5.41) is 0. The number of hydrogen-bond acceptors (Lipinski definition) is 7. The molecule has 1 amide bonds. The number of rotatable bonds is 5. The lowest BCUT2D eigenvalue weighted by Crippen LogP contribution is -2.54. The Morgan fingerprint density at radius 2 is 1.79 bits per heavy atom. The molecule has 2 aliphatic heterocycles. The van der Waals surface area contributed by atoms with E-state index in [0.29, 0.717) is 6.04 Å². The monoisotopic (exact) mass is 433 g/mol. The van der Waals surface area contributed by atoms with Gasteiger partial charge in [0.05, 0.1) is 24.0 Å². The van der Waals surface area contributed by atoms with Gasteiger partial charge in [-0.2, -0.15) is 4.31 Å². The van der Waals surface area contributed by atoms with Crippen molar-refractivity contribution in [2.75, 3.05) is 5.75 Å². The lowest BCUT2D eigenvalue weighted by atomic mass is 9.78. The third-order valence-electron chi connectivity index (χ3n) is 5.60. The van der Waals surface area contributed by atoms with Crippen molar-refractivity contribution in [3.05, 3.63) is 0 Å². The van der Waals surface area contributed by atoms with Crippen molar-refractivity contribution in [2.45, 2.75) is 89.4 Å². The van der Waals surface area contributed by atoms with Crippen LogP contribution in [0.25, 0.3) is 0 Å². The highest BCUT2D eigenvalue weighted by Crippen LogP contribution is 2.44. The second kappa shape index (κ2) is 7.07. The fourth-order valence-corrected chi connectivity index (χ4v) is 8.98. The third-order valence-corrected chi connectivity index (χ3v) is 9.43. The normalized spacial score (nSPS) is 35.8. The smallest absolute Gasteiger partial charge is 0.424 e. The molecule has 2 heterocycles. The van der Waals surface area contributed by atoms with Crippen molar-refractivity contribution in [3.8, 4) is 0 Å². The number of ether oxygens (including phenoxy) is 3. The number of carbonyl (C=O) groups is 2. The number of carbonyl (C=O) groups excluding carboxylic acids is 2. The number of Topliss-reactive ketones (excluding diaryl/α,β-unsaturated/α-hetero) is 1. The molecule has 1 aliphatic carbocycles. The van der Waals surface area contributed by atoms with Crippen LogP contribution in [0, 0.1) is 5.92 Å². The van der Waals surface area contributed by atoms with Crippen molar-refractivity contribution in [2.24, 2.45) is 5.92 Å². The number of fused-ring (bicyclic) bond motifs is 1. The Morgan fingerprint density at radius 1 is 1.14 bits per heavy atom. The minimum Gasteiger partial charge on any atom is -0.443 e. The van der Waals surface area contributed by atoms with Gasteiger partial charge in [0.1, 0.15) is 11.9 Å². The van der Waals surface area contributed by atoms with Crippen LogP contribution < -0.4 is 0 Å². The van der Waals surface area contributed by atoms with Gasteiger partial charge in [-0.25, -0.2) is 13.2 Å². The van der Waals surface area contributed by atoms with Crippen LogP contribution in [0.2, 0.25) is 25.7 Å². The zero-order valence-electron chi connectivity index (χ0n) is 17.4. The summed E-state index contributed by atoms with van der Waals surface area (Å²) < 4.78 is 44.2. The van der Waals surface area contributed by atoms with Crippen LogP contribution in [0.3, 0.4) is 0 Å². The summed E-state index contributed by atoms with van der Waals surface area (Å²) in [5.74, 6) is -1.46. The molecule has 0 unspecified atom stereocenters. The molecular weight excluding hydrogens is 402 g/mol. The first-order chi connectivity index (χ1) is 12.7. The molecule has 10 heteroatoms. The molecule has 28 heavy (non-hydrogen) atoms. The first-order valence-electron chi connectivity index (χ1n) is 9.80. The molecule has 0 aromatic carbocycles. The molecule has 160 valence electrons. The number of sulfonamides is 1. The van der Waals surface area contributed by atoms with Crippen molar-refractivity contribution >= 4 is 30.0 Å². The summed E-state index contributed by atoms with van der Waals surface area (Å²) in [7, 11) is -5.49. The Balaban J connectivity index is 1.91. The molecule has 8 nitrogen and oxygen atoms in total. The molecule has 3 rings (SSSR count). The summed E-state index contributed by atoms with van der Waals surface area (Å²) in [6, 6.07) is -0.226. The quantitative estimate of drug-likeness (QED) is 0.614. The van der Waals surface area contributed by atoms with E-state index in [1.165, 1.54) is 0 Å². The molecule has 2 saturated heterocycles. The van der Waals surface area contributed by atoms with Gasteiger partial charge < -0.3 is 14.2 Å². The van der Waals surface area contributed by atoms with E-state index in [1.54, 1.807) is 20.8 Å². The lowest BCUT2D eigenvalue weighted by Gasteiger charge is -2.37. The van der Waals surface area contributed by atoms with E-state index in [0.717, 1.165) is 4.31 Å². The standard InChI is InChI=1S/C18H31NO7SSi/c1-11-15(13-9-12(20)10-14-16(13)26-18(2,3)25-14)19(17(21)24-11)27(22,23)7-8-28(4,5)6/h11,13-16H,7-10H2,1-6H3/t11-,13-,14-,15+,16-/m1/s1. The summed E-state index contributed by atoms with van der Waals surface area (Å²) in [5.41, 5.74) is 0. The van der Waals surface area contributed by atoms with Crippen LogP contribution in [0.4, 0.5) is 4.79 Å². The minimum absolute atomic E-state index is 0.0152. The van der Waals surface area contributed by atoms with Gasteiger partial charge in [-0.1, -0.05) is 19.6 Å². The predicted octanol–water partition coefficient (Wildman–Crippen LogP) is 2.36. The molecule has 0 spiro atoms. The first kappa shape index (κ1) is 21.7. The fourth-order valence-electron chi connectivity index (χ4n) is 4.33. The molecule has 5 atom stereocenters. The zero-order valence-corrected chi connectivity index (χ0v) is 19.2. The lowest BCUT2D eigenvalue weighted by molar-refractivity contribution is -0.150. The van der Waals surface area contributed by atoms with E-state index in [2.05, 4.69) is 19.6 Å². The van der Waals surface area contributed by atoms with Crippen LogP contribution in [0.5, 0.6) is 0 Å². The Bertz CT molecular complexity index is 760. The van der Waals surface area contributed by atoms with E-state index >= 15 is 0 Å². The summed E-state index contributed by atoms with van der Waals surface area (Å²) >= 11 is 0. The second-order valence-corrected chi connectivity index (χ2v) is 17.3. The van der Waals surface area contributed by atoms with Gasteiger partial charge in [0, 0.05) is 26.8 Å². The number of nitrogens with zero attached hydrogens (tertiary/aromatic N) is 1. The van der Waals surface area contributed by atoms with Crippen molar-refractivity contribution in [1.82, 2.24) is 4.31 Å². The maximum absolute atomic E-state index is 13.1. The molecule has 3 fully saturated rings. The van der Waals surface area contributed by atoms with Gasteiger partial charge in [-0.3, -0.25) is 4.79 Å². The highest BCUT2D eigenvalue weighted by atomic mass is 32.2. The Labute approximate surface area is 167 Å². The molecule has 0 aromatic rings. The Hall–Kier alpha value is -0.973. The average molecular weight is 434 g/mol. The highest BCUT2D eigenvalue weighted by Gasteiger charge is 2.58. The second-order valence-electron chi connectivity index (χ2n) is 9.75. The first-order valence-corrected chi connectivity index (χ1v) is 15.1. The van der Waals surface area contributed by atoms with E-state index < -0.39 is 60.2 Å². The predicted molar refractivity (Wildman–Crippen MR) is 105 cm³/mol. The number of ketones is 1. The average Bonchev–Trinajstić information content (AvgIpc) is 2.98. The summed E-state index contributed by atoms with van der Waals surface area (Å²) in [6.07, 6.45) is -2.02. The van der Waals surface area contributed by atoms with E-state index in [9.17, 15) is 18.0 Å². The van der Waals surface area contributed by atoms with Crippen molar-refractivity contribution in [3.63, 3.8) is 0 Å². The van der Waals surface area contributed by atoms with Crippen molar-refractivity contribution in [1.29, 1.82) is 0 Å². The zero-order chi connectivity index (χ0) is 21.1. The Morgan fingerprint density at radius 3 is 2.39 bits per heavy atom. The van der Waals surface area contributed by atoms with E-state index in [-0.39, 0.29) is 24.4 Å². The van der Waals surface area contributed by atoms with Gasteiger partial charge in [-0.15, -0.1) is 0 Å². The maximum atomic E-state index is 13.1. The summed E-state index contributed by atoms with van der Waals surface area (Å²) in [6.45, 7) is 11.5. The molecular formula is C18H31NO7SSi. The van der Waals surface area contributed by atoms with Crippen LogP contribution >= 0.6 is 0 Å². The highest BCUT2D eigenvalue weighted by molar-refractivity contribution is 7.89. The fraction of sp³-hybridized carbons (Fsp3) is 0.889. The largest absolute Gasteiger partial charge is 0.443 e. The van der Waals surface area contributed by atoms with Crippen LogP contribution in [-0.4, -0.2) is 68.6 Å². The van der Waals surface area contributed by atoms with Gasteiger partial charge >= 0.3 is 6.09 Å². The maximum Gasteiger partial charge on any atom is 0.424 e. The molecule has 0 aromatic heterocycles. The number of amides is 1.